The molecule has 0 atom stereocenters. The van der Waals surface area contributed by atoms with Gasteiger partial charge in [-0.1, -0.05) is 12.1 Å². The molecule has 1 fully saturated rings. The Hall–Kier alpha value is -1.46. The van der Waals surface area contributed by atoms with Crippen molar-refractivity contribution in [1.82, 2.24) is 5.32 Å². The van der Waals surface area contributed by atoms with E-state index in [4.69, 9.17) is 10.5 Å². The minimum atomic E-state index is -0.292. The highest BCUT2D eigenvalue weighted by atomic mass is 19.1. The summed E-state index contributed by atoms with van der Waals surface area (Å²) in [4.78, 5) is 11.7. The van der Waals surface area contributed by atoms with E-state index in [0.717, 1.165) is 31.2 Å². The van der Waals surface area contributed by atoms with Crippen molar-refractivity contribution in [2.75, 3.05) is 13.2 Å². The highest BCUT2D eigenvalue weighted by Crippen LogP contribution is 2.19. The summed E-state index contributed by atoms with van der Waals surface area (Å²) in [5.41, 5.74) is 6.64. The van der Waals surface area contributed by atoms with Crippen LogP contribution in [0.1, 0.15) is 31.2 Å². The van der Waals surface area contributed by atoms with E-state index in [-0.39, 0.29) is 24.2 Å². The molecule has 1 amide bonds. The normalized spacial score (nSPS) is 22.0. The lowest BCUT2D eigenvalue weighted by Gasteiger charge is -2.26. The summed E-state index contributed by atoms with van der Waals surface area (Å²) in [6.45, 7) is 1.03. The highest BCUT2D eigenvalue weighted by molar-refractivity contribution is 5.78. The lowest BCUT2D eigenvalue weighted by molar-refractivity contribution is -0.120. The minimum Gasteiger partial charge on any atom is -0.376 e. The summed E-state index contributed by atoms with van der Waals surface area (Å²) >= 11 is 0. The third-order valence-electron chi connectivity index (χ3n) is 3.77. The molecule has 0 heterocycles. The Kier molecular flexibility index (Phi) is 6.14. The Morgan fingerprint density at radius 2 is 1.90 bits per heavy atom. The number of amides is 1. The van der Waals surface area contributed by atoms with Crippen molar-refractivity contribution in [2.24, 2.45) is 5.73 Å². The van der Waals surface area contributed by atoms with E-state index in [1.54, 1.807) is 12.1 Å². The van der Waals surface area contributed by atoms with Gasteiger partial charge in [-0.3, -0.25) is 4.79 Å². The summed E-state index contributed by atoms with van der Waals surface area (Å²) in [7, 11) is 0. The number of benzene rings is 1. The van der Waals surface area contributed by atoms with Crippen molar-refractivity contribution in [1.29, 1.82) is 0 Å². The Morgan fingerprint density at radius 1 is 1.24 bits per heavy atom. The van der Waals surface area contributed by atoms with Gasteiger partial charge in [0.2, 0.25) is 5.91 Å². The van der Waals surface area contributed by atoms with Gasteiger partial charge in [0, 0.05) is 12.6 Å². The Balaban J connectivity index is 1.58. The molecule has 0 spiro atoms. The van der Waals surface area contributed by atoms with Gasteiger partial charge in [0.1, 0.15) is 5.82 Å². The molecular weight excluding hydrogens is 271 g/mol. The topological polar surface area (TPSA) is 64.3 Å². The molecule has 0 radical (unpaired) electrons. The monoisotopic (exact) mass is 294 g/mol. The van der Waals surface area contributed by atoms with Crippen LogP contribution in [0.15, 0.2) is 24.3 Å². The summed E-state index contributed by atoms with van der Waals surface area (Å²) in [6.07, 6.45) is 4.58. The predicted octanol–water partition coefficient (Wildman–Crippen LogP) is 1.77. The highest BCUT2D eigenvalue weighted by Gasteiger charge is 2.18. The van der Waals surface area contributed by atoms with Crippen molar-refractivity contribution in [3.63, 3.8) is 0 Å². The predicted molar refractivity (Wildman–Crippen MR) is 79.3 cm³/mol. The standard InChI is InChI=1S/C16H23FN2O2/c17-13-3-1-12(2-4-13)11-16(20)19-9-10-21-15-7-5-14(18)6-8-15/h1-4,14-15H,5-11,18H2,(H,19,20). The number of carbonyl (C=O) groups is 1. The molecular formula is C16H23FN2O2. The molecule has 0 unspecified atom stereocenters. The van der Waals surface area contributed by atoms with Crippen molar-refractivity contribution in [3.05, 3.63) is 35.6 Å². The summed E-state index contributed by atoms with van der Waals surface area (Å²) < 4.78 is 18.5. The molecule has 21 heavy (non-hydrogen) atoms. The van der Waals surface area contributed by atoms with Gasteiger partial charge in [0.25, 0.3) is 0 Å². The third kappa shape index (κ3) is 5.81. The molecule has 0 saturated heterocycles. The molecule has 4 nitrogen and oxygen atoms in total. The molecule has 1 aromatic carbocycles. The SMILES string of the molecule is NC1CCC(OCCNC(=O)Cc2ccc(F)cc2)CC1. The van der Waals surface area contributed by atoms with Crippen LogP contribution >= 0.6 is 0 Å². The smallest absolute Gasteiger partial charge is 0.224 e. The maximum absolute atomic E-state index is 12.7. The van der Waals surface area contributed by atoms with E-state index in [1.807, 2.05) is 0 Å². The lowest BCUT2D eigenvalue weighted by atomic mass is 9.94. The van der Waals surface area contributed by atoms with E-state index in [1.165, 1.54) is 12.1 Å². The van der Waals surface area contributed by atoms with E-state index in [2.05, 4.69) is 5.32 Å². The minimum absolute atomic E-state index is 0.0733. The Bertz CT molecular complexity index is 442. The number of carbonyl (C=O) groups excluding carboxylic acids is 1. The van der Waals surface area contributed by atoms with E-state index < -0.39 is 0 Å². The van der Waals surface area contributed by atoms with Gasteiger partial charge in [0.15, 0.2) is 0 Å². The number of nitrogens with one attached hydrogen (secondary N) is 1. The molecule has 3 N–H and O–H groups in total. The van der Waals surface area contributed by atoms with Crippen molar-refractivity contribution < 1.29 is 13.9 Å². The average molecular weight is 294 g/mol. The molecule has 1 aromatic rings. The fourth-order valence-electron chi connectivity index (χ4n) is 2.52. The Labute approximate surface area is 124 Å². The summed E-state index contributed by atoms with van der Waals surface area (Å²) in [5.74, 6) is -0.365. The van der Waals surface area contributed by atoms with Crippen molar-refractivity contribution >= 4 is 5.91 Å². The van der Waals surface area contributed by atoms with Gasteiger partial charge in [0.05, 0.1) is 19.1 Å². The quantitative estimate of drug-likeness (QED) is 0.786. The van der Waals surface area contributed by atoms with Gasteiger partial charge in [-0.05, 0) is 43.4 Å². The van der Waals surface area contributed by atoms with Crippen LogP contribution < -0.4 is 11.1 Å². The van der Waals surface area contributed by atoms with Gasteiger partial charge in [-0.25, -0.2) is 4.39 Å². The molecule has 1 aliphatic carbocycles. The second kappa shape index (κ2) is 8.10. The van der Waals surface area contributed by atoms with Crippen LogP contribution in [0.3, 0.4) is 0 Å². The van der Waals surface area contributed by atoms with Crippen LogP contribution in [0.5, 0.6) is 0 Å². The van der Waals surface area contributed by atoms with E-state index in [9.17, 15) is 9.18 Å². The lowest BCUT2D eigenvalue weighted by Crippen LogP contribution is -2.33. The first-order valence-electron chi connectivity index (χ1n) is 7.52. The molecule has 5 heteroatoms. The zero-order chi connectivity index (χ0) is 15.1. The fraction of sp³-hybridized carbons (Fsp3) is 0.562. The van der Waals surface area contributed by atoms with Gasteiger partial charge in [-0.2, -0.15) is 0 Å². The van der Waals surface area contributed by atoms with Crippen LogP contribution in [0, 0.1) is 5.82 Å². The van der Waals surface area contributed by atoms with Gasteiger partial charge >= 0.3 is 0 Å². The first-order valence-corrected chi connectivity index (χ1v) is 7.52. The second-order valence-corrected chi connectivity index (χ2v) is 5.56. The molecule has 0 aromatic heterocycles. The number of nitrogens with two attached hydrogens (primary N) is 1. The molecule has 2 rings (SSSR count). The second-order valence-electron chi connectivity index (χ2n) is 5.56. The molecule has 1 aliphatic rings. The Morgan fingerprint density at radius 3 is 2.57 bits per heavy atom. The van der Waals surface area contributed by atoms with Gasteiger partial charge in [-0.15, -0.1) is 0 Å². The maximum Gasteiger partial charge on any atom is 0.224 e. The zero-order valence-corrected chi connectivity index (χ0v) is 12.2. The van der Waals surface area contributed by atoms with Crippen LogP contribution in [0.4, 0.5) is 4.39 Å². The van der Waals surface area contributed by atoms with Crippen LogP contribution in [-0.4, -0.2) is 31.2 Å². The molecule has 1 saturated carbocycles. The zero-order valence-electron chi connectivity index (χ0n) is 12.2. The van der Waals surface area contributed by atoms with Crippen molar-refractivity contribution in [3.8, 4) is 0 Å². The number of hydrogen-bond donors (Lipinski definition) is 2. The summed E-state index contributed by atoms with van der Waals surface area (Å²) in [6, 6.07) is 6.28. The molecule has 0 bridgehead atoms. The number of hydrogen-bond acceptors (Lipinski definition) is 3. The average Bonchev–Trinajstić information content (AvgIpc) is 2.48. The largest absolute Gasteiger partial charge is 0.376 e. The number of halogens is 1. The molecule has 116 valence electrons. The maximum atomic E-state index is 12.7. The first-order chi connectivity index (χ1) is 10.1. The van der Waals surface area contributed by atoms with Crippen LogP contribution in [0.25, 0.3) is 0 Å². The summed E-state index contributed by atoms with van der Waals surface area (Å²) in [5, 5.41) is 2.81. The first kappa shape index (κ1) is 15.9. The van der Waals surface area contributed by atoms with Gasteiger partial charge < -0.3 is 15.8 Å². The van der Waals surface area contributed by atoms with Crippen LogP contribution in [0.2, 0.25) is 0 Å². The number of ether oxygens (including phenoxy) is 1. The van der Waals surface area contributed by atoms with E-state index >= 15 is 0 Å². The number of rotatable bonds is 6. The van der Waals surface area contributed by atoms with Crippen molar-refractivity contribution in [2.45, 2.75) is 44.2 Å². The molecule has 0 aliphatic heterocycles. The van der Waals surface area contributed by atoms with Crippen LogP contribution in [-0.2, 0) is 16.0 Å². The fourth-order valence-corrected chi connectivity index (χ4v) is 2.52. The third-order valence-corrected chi connectivity index (χ3v) is 3.77. The van der Waals surface area contributed by atoms with E-state index in [0.29, 0.717) is 19.2 Å².